The maximum atomic E-state index is 11.7. The summed E-state index contributed by atoms with van der Waals surface area (Å²) in [6.45, 7) is 0.731. The summed E-state index contributed by atoms with van der Waals surface area (Å²) in [4.78, 5) is 22.5. The molecular weight excluding hydrogens is 316 g/mol. The number of esters is 1. The zero-order chi connectivity index (χ0) is 14.1. The summed E-state index contributed by atoms with van der Waals surface area (Å²) < 4.78 is 4.85. The molecule has 1 aliphatic rings. The highest BCUT2D eigenvalue weighted by molar-refractivity contribution is 9.09. The van der Waals surface area contributed by atoms with Crippen LogP contribution in [0, 0.1) is 0 Å². The number of hydrogen-bond acceptors (Lipinski definition) is 6. The first-order chi connectivity index (χ1) is 9.17. The minimum atomic E-state index is -0.311. The van der Waals surface area contributed by atoms with Crippen molar-refractivity contribution < 1.29 is 14.3 Å². The highest BCUT2D eigenvalue weighted by Gasteiger charge is 2.11. The second-order valence-electron chi connectivity index (χ2n) is 3.73. The average Bonchev–Trinajstić information content (AvgIpc) is 2.46. The first-order valence-electron chi connectivity index (χ1n) is 5.77. The standard InChI is InChI=1S/C11H17BrN4O3/c12-6-10(17)19-5-1-4-14-11(18)8-2-3-9(16-13)15-7-8/h2-3,7,9,15-16H,1,4-6,13H2,(H,14,18). The van der Waals surface area contributed by atoms with Gasteiger partial charge in [-0.1, -0.05) is 15.9 Å². The molecule has 1 unspecified atom stereocenters. The summed E-state index contributed by atoms with van der Waals surface area (Å²) in [5.41, 5.74) is 3.03. The topological polar surface area (TPSA) is 105 Å². The number of amides is 1. The minimum Gasteiger partial charge on any atom is -0.465 e. The van der Waals surface area contributed by atoms with Crippen molar-refractivity contribution in [3.63, 3.8) is 0 Å². The van der Waals surface area contributed by atoms with Crippen LogP contribution in [0.25, 0.3) is 0 Å². The molecule has 0 saturated carbocycles. The van der Waals surface area contributed by atoms with Gasteiger partial charge in [0.25, 0.3) is 5.91 Å². The molecule has 5 N–H and O–H groups in total. The number of hydrogen-bond donors (Lipinski definition) is 4. The molecule has 0 aliphatic carbocycles. The number of dihydropyridines is 1. The Kier molecular flexibility index (Phi) is 7.16. The van der Waals surface area contributed by atoms with Crippen LogP contribution in [0.3, 0.4) is 0 Å². The molecule has 1 heterocycles. The molecule has 0 aromatic rings. The van der Waals surface area contributed by atoms with Crippen LogP contribution in [0.15, 0.2) is 23.9 Å². The van der Waals surface area contributed by atoms with Gasteiger partial charge >= 0.3 is 5.97 Å². The monoisotopic (exact) mass is 332 g/mol. The van der Waals surface area contributed by atoms with Gasteiger partial charge in [-0.3, -0.25) is 15.4 Å². The Bertz CT molecular complexity index is 384. The maximum Gasteiger partial charge on any atom is 0.316 e. The summed E-state index contributed by atoms with van der Waals surface area (Å²) in [7, 11) is 0. The largest absolute Gasteiger partial charge is 0.465 e. The van der Waals surface area contributed by atoms with Crippen LogP contribution in [0.5, 0.6) is 0 Å². The molecule has 1 aliphatic heterocycles. The van der Waals surface area contributed by atoms with Crippen LogP contribution in [-0.2, 0) is 14.3 Å². The van der Waals surface area contributed by atoms with Crippen molar-refractivity contribution in [2.45, 2.75) is 12.6 Å². The van der Waals surface area contributed by atoms with Crippen LogP contribution in [0.4, 0.5) is 0 Å². The summed E-state index contributed by atoms with van der Waals surface area (Å²) in [5.74, 6) is 4.74. The van der Waals surface area contributed by atoms with Gasteiger partial charge in [0.2, 0.25) is 0 Å². The van der Waals surface area contributed by atoms with E-state index in [4.69, 9.17) is 10.6 Å². The first kappa shape index (κ1) is 15.7. The quantitative estimate of drug-likeness (QED) is 0.161. The predicted octanol–water partition coefficient (Wildman–Crippen LogP) is -0.737. The van der Waals surface area contributed by atoms with Crippen molar-refractivity contribution in [2.24, 2.45) is 5.84 Å². The zero-order valence-electron chi connectivity index (χ0n) is 10.3. The highest BCUT2D eigenvalue weighted by Crippen LogP contribution is 2.02. The number of nitrogens with one attached hydrogen (secondary N) is 3. The zero-order valence-corrected chi connectivity index (χ0v) is 11.9. The van der Waals surface area contributed by atoms with Crippen LogP contribution in [0.2, 0.25) is 0 Å². The molecule has 7 nitrogen and oxygen atoms in total. The van der Waals surface area contributed by atoms with Gasteiger partial charge in [-0.25, -0.2) is 5.43 Å². The van der Waals surface area contributed by atoms with Gasteiger partial charge in [0.05, 0.1) is 12.2 Å². The maximum absolute atomic E-state index is 11.7. The molecule has 19 heavy (non-hydrogen) atoms. The van der Waals surface area contributed by atoms with Crippen LogP contribution in [-0.4, -0.2) is 36.5 Å². The highest BCUT2D eigenvalue weighted by atomic mass is 79.9. The van der Waals surface area contributed by atoms with E-state index in [1.807, 2.05) is 0 Å². The van der Waals surface area contributed by atoms with E-state index in [1.54, 1.807) is 18.4 Å². The fourth-order valence-corrected chi connectivity index (χ4v) is 1.49. The minimum absolute atomic E-state index is 0.166. The van der Waals surface area contributed by atoms with Gasteiger partial charge in [0.15, 0.2) is 0 Å². The van der Waals surface area contributed by atoms with E-state index in [1.165, 1.54) is 0 Å². The number of hydrazine groups is 1. The number of ether oxygens (including phenoxy) is 1. The molecule has 0 bridgehead atoms. The van der Waals surface area contributed by atoms with E-state index in [2.05, 4.69) is 32.0 Å². The Morgan fingerprint density at radius 3 is 2.89 bits per heavy atom. The molecule has 8 heteroatoms. The lowest BCUT2D eigenvalue weighted by Gasteiger charge is -2.17. The van der Waals surface area contributed by atoms with E-state index >= 15 is 0 Å². The van der Waals surface area contributed by atoms with E-state index in [9.17, 15) is 9.59 Å². The predicted molar refractivity (Wildman–Crippen MR) is 73.8 cm³/mol. The van der Waals surface area contributed by atoms with Crippen molar-refractivity contribution in [3.05, 3.63) is 23.9 Å². The lowest BCUT2D eigenvalue weighted by Crippen LogP contribution is -2.44. The Morgan fingerprint density at radius 2 is 2.32 bits per heavy atom. The molecular formula is C11H17BrN4O3. The van der Waals surface area contributed by atoms with Crippen molar-refractivity contribution >= 4 is 27.8 Å². The lowest BCUT2D eigenvalue weighted by atomic mass is 10.2. The molecule has 106 valence electrons. The number of halogens is 1. The molecule has 0 radical (unpaired) electrons. The molecule has 0 aromatic carbocycles. The van der Waals surface area contributed by atoms with E-state index in [0.29, 0.717) is 18.5 Å². The van der Waals surface area contributed by atoms with E-state index in [-0.39, 0.29) is 30.0 Å². The second-order valence-corrected chi connectivity index (χ2v) is 4.29. The third-order valence-corrected chi connectivity index (χ3v) is 2.77. The SMILES string of the molecule is NNC1C=CC(C(=O)NCCCOC(=O)CBr)=CN1. The normalized spacial score (nSPS) is 17.4. The lowest BCUT2D eigenvalue weighted by molar-refractivity contribution is -0.140. The van der Waals surface area contributed by atoms with Crippen molar-refractivity contribution in [2.75, 3.05) is 18.5 Å². The van der Waals surface area contributed by atoms with Gasteiger partial charge in [-0.2, -0.15) is 0 Å². The van der Waals surface area contributed by atoms with E-state index in [0.717, 1.165) is 0 Å². The molecule has 0 aromatic heterocycles. The smallest absolute Gasteiger partial charge is 0.316 e. The Morgan fingerprint density at radius 1 is 1.53 bits per heavy atom. The van der Waals surface area contributed by atoms with Crippen LogP contribution >= 0.6 is 15.9 Å². The molecule has 0 spiro atoms. The fourth-order valence-electron chi connectivity index (χ4n) is 1.33. The summed E-state index contributed by atoms with van der Waals surface area (Å²) >= 11 is 2.99. The summed E-state index contributed by atoms with van der Waals surface area (Å²) in [5, 5.41) is 5.81. The Labute approximate surface area is 119 Å². The molecule has 1 amide bonds. The molecule has 1 rings (SSSR count). The fraction of sp³-hybridized carbons (Fsp3) is 0.455. The van der Waals surface area contributed by atoms with Gasteiger partial charge in [-0.05, 0) is 18.6 Å². The first-order valence-corrected chi connectivity index (χ1v) is 6.90. The molecule has 1 atom stereocenters. The summed E-state index contributed by atoms with van der Waals surface area (Å²) in [6.07, 6.45) is 5.42. The number of rotatable bonds is 7. The second kappa shape index (κ2) is 8.68. The van der Waals surface area contributed by atoms with Crippen LogP contribution in [0.1, 0.15) is 6.42 Å². The van der Waals surface area contributed by atoms with Crippen molar-refractivity contribution in [3.8, 4) is 0 Å². The third kappa shape index (κ3) is 5.86. The Balaban J connectivity index is 2.17. The van der Waals surface area contributed by atoms with Gasteiger partial charge < -0.3 is 15.4 Å². The number of alkyl halides is 1. The van der Waals surface area contributed by atoms with Gasteiger partial charge in [-0.15, -0.1) is 0 Å². The molecule has 0 saturated heterocycles. The molecule has 0 fully saturated rings. The Hall–Kier alpha value is -1.38. The van der Waals surface area contributed by atoms with Crippen molar-refractivity contribution in [1.29, 1.82) is 0 Å². The number of carbonyl (C=O) groups is 2. The van der Waals surface area contributed by atoms with Crippen molar-refractivity contribution in [1.82, 2.24) is 16.1 Å². The van der Waals surface area contributed by atoms with Gasteiger partial charge in [0, 0.05) is 12.7 Å². The van der Waals surface area contributed by atoms with Gasteiger partial charge in [0.1, 0.15) is 11.5 Å². The van der Waals surface area contributed by atoms with E-state index < -0.39 is 0 Å². The third-order valence-electron chi connectivity index (χ3n) is 2.31. The van der Waals surface area contributed by atoms with Crippen LogP contribution < -0.4 is 21.9 Å². The average molecular weight is 333 g/mol. The summed E-state index contributed by atoms with van der Waals surface area (Å²) in [6, 6.07) is 0. The number of nitrogens with two attached hydrogens (primary N) is 1. The number of carbonyl (C=O) groups excluding carboxylic acids is 2.